The molecule has 1 aromatic heterocycles. The summed E-state index contributed by atoms with van der Waals surface area (Å²) in [7, 11) is 0. The number of rotatable bonds is 5. The van der Waals surface area contributed by atoms with Gasteiger partial charge in [0, 0.05) is 5.92 Å². The maximum Gasteiger partial charge on any atom is 0.155 e. The van der Waals surface area contributed by atoms with Crippen molar-refractivity contribution in [3.8, 4) is 11.4 Å². The quantitative estimate of drug-likeness (QED) is 0.790. The average Bonchev–Trinajstić information content (AvgIpc) is 3.24. The Morgan fingerprint density at radius 1 is 1.40 bits per heavy atom. The lowest BCUT2D eigenvalue weighted by atomic mass is 10.2. The van der Waals surface area contributed by atoms with Gasteiger partial charge in [0.1, 0.15) is 10.9 Å². The molecule has 0 unspecified atom stereocenters. The number of benzene rings is 1. The minimum absolute atomic E-state index is 0.381. The molecule has 4 nitrogen and oxygen atoms in total. The minimum Gasteiger partial charge on any atom is -0.494 e. The maximum absolute atomic E-state index is 11.2. The molecule has 1 aromatic carbocycles. The van der Waals surface area contributed by atoms with E-state index in [4.69, 9.17) is 16.3 Å². The highest BCUT2D eigenvalue weighted by atomic mass is 35.5. The van der Waals surface area contributed by atoms with Gasteiger partial charge >= 0.3 is 0 Å². The Labute approximate surface area is 122 Å². The summed E-state index contributed by atoms with van der Waals surface area (Å²) in [4.78, 5) is 11.2. The number of ether oxygens (including phenoxy) is 1. The Morgan fingerprint density at radius 2 is 2.10 bits per heavy atom. The molecule has 0 amide bonds. The van der Waals surface area contributed by atoms with Gasteiger partial charge in [0.15, 0.2) is 6.29 Å². The minimum atomic E-state index is 0.381. The van der Waals surface area contributed by atoms with E-state index in [1.807, 2.05) is 31.2 Å². The Kier molecular flexibility index (Phi) is 3.49. The zero-order valence-corrected chi connectivity index (χ0v) is 11.9. The lowest BCUT2D eigenvalue weighted by Crippen LogP contribution is -1.98. The second-order valence-corrected chi connectivity index (χ2v) is 5.18. The van der Waals surface area contributed by atoms with Crippen LogP contribution < -0.4 is 4.74 Å². The topological polar surface area (TPSA) is 44.1 Å². The molecular formula is C15H15ClN2O2. The Hall–Kier alpha value is -1.81. The van der Waals surface area contributed by atoms with E-state index in [2.05, 4.69) is 5.10 Å². The summed E-state index contributed by atoms with van der Waals surface area (Å²) in [6, 6.07) is 7.51. The highest BCUT2D eigenvalue weighted by molar-refractivity contribution is 6.32. The number of hydrogen-bond acceptors (Lipinski definition) is 3. The SMILES string of the molecule is CCOc1ccc(-n2nc(C3CC3)c(C=O)c2Cl)cc1. The largest absolute Gasteiger partial charge is 0.494 e. The number of carbonyl (C=O) groups is 1. The Bertz CT molecular complexity index is 630. The van der Waals surface area contributed by atoms with Crippen molar-refractivity contribution in [2.24, 2.45) is 0 Å². The number of hydrogen-bond donors (Lipinski definition) is 0. The van der Waals surface area contributed by atoms with Crippen LogP contribution >= 0.6 is 11.6 Å². The summed E-state index contributed by atoms with van der Waals surface area (Å²) in [6.45, 7) is 2.57. The van der Waals surface area contributed by atoms with E-state index >= 15 is 0 Å². The van der Waals surface area contributed by atoms with Crippen LogP contribution in [0.3, 0.4) is 0 Å². The van der Waals surface area contributed by atoms with Gasteiger partial charge in [0.2, 0.25) is 0 Å². The molecule has 1 aliphatic rings. The Balaban J connectivity index is 1.98. The molecule has 0 N–H and O–H groups in total. The average molecular weight is 291 g/mol. The fourth-order valence-corrected chi connectivity index (χ4v) is 2.49. The molecule has 1 aliphatic carbocycles. The first-order valence-corrected chi connectivity index (χ1v) is 7.09. The van der Waals surface area contributed by atoms with Gasteiger partial charge in [0.05, 0.1) is 23.6 Å². The van der Waals surface area contributed by atoms with Crippen molar-refractivity contribution in [2.45, 2.75) is 25.7 Å². The van der Waals surface area contributed by atoms with Crippen molar-refractivity contribution in [3.63, 3.8) is 0 Å². The first-order valence-electron chi connectivity index (χ1n) is 6.71. The molecule has 0 radical (unpaired) electrons. The normalized spacial score (nSPS) is 14.3. The first kappa shape index (κ1) is 13.2. The third-order valence-electron chi connectivity index (χ3n) is 3.37. The predicted molar refractivity (Wildman–Crippen MR) is 77.1 cm³/mol. The molecule has 3 rings (SSSR count). The standard InChI is InChI=1S/C15H15ClN2O2/c1-2-20-12-7-5-11(6-8-12)18-15(16)13(9-19)14(17-18)10-3-4-10/h5-10H,2-4H2,1H3. The van der Waals surface area contributed by atoms with Crippen LogP contribution in [0.15, 0.2) is 24.3 Å². The summed E-state index contributed by atoms with van der Waals surface area (Å²) < 4.78 is 7.03. The van der Waals surface area contributed by atoms with Crippen molar-refractivity contribution >= 4 is 17.9 Å². The number of halogens is 1. The molecule has 5 heteroatoms. The summed E-state index contributed by atoms with van der Waals surface area (Å²) in [5, 5.41) is 4.88. The molecule has 0 atom stereocenters. The van der Waals surface area contributed by atoms with E-state index in [1.54, 1.807) is 4.68 Å². The van der Waals surface area contributed by atoms with Crippen molar-refractivity contribution in [1.82, 2.24) is 9.78 Å². The van der Waals surface area contributed by atoms with Crippen LogP contribution in [-0.4, -0.2) is 22.7 Å². The molecule has 104 valence electrons. The fourth-order valence-electron chi connectivity index (χ4n) is 2.21. The smallest absolute Gasteiger partial charge is 0.155 e. The molecule has 1 saturated carbocycles. The molecule has 20 heavy (non-hydrogen) atoms. The lowest BCUT2D eigenvalue weighted by molar-refractivity contribution is 0.112. The molecule has 0 aliphatic heterocycles. The van der Waals surface area contributed by atoms with Gasteiger partial charge in [-0.25, -0.2) is 4.68 Å². The number of carbonyl (C=O) groups excluding carboxylic acids is 1. The van der Waals surface area contributed by atoms with Gasteiger partial charge < -0.3 is 4.74 Å². The summed E-state index contributed by atoms with van der Waals surface area (Å²) in [5.41, 5.74) is 2.16. The van der Waals surface area contributed by atoms with Crippen molar-refractivity contribution < 1.29 is 9.53 Å². The van der Waals surface area contributed by atoms with Crippen LogP contribution in [0, 0.1) is 0 Å². The second kappa shape index (κ2) is 5.29. The molecular weight excluding hydrogens is 276 g/mol. The van der Waals surface area contributed by atoms with Crippen LogP contribution in [0.25, 0.3) is 5.69 Å². The van der Waals surface area contributed by atoms with E-state index in [-0.39, 0.29) is 0 Å². The molecule has 1 fully saturated rings. The highest BCUT2D eigenvalue weighted by Crippen LogP contribution is 2.42. The van der Waals surface area contributed by atoms with Gasteiger partial charge in [-0.1, -0.05) is 11.6 Å². The van der Waals surface area contributed by atoms with Crippen LogP contribution in [-0.2, 0) is 0 Å². The summed E-state index contributed by atoms with van der Waals surface area (Å²) in [5.74, 6) is 1.19. The van der Waals surface area contributed by atoms with E-state index < -0.39 is 0 Å². The fraction of sp³-hybridized carbons (Fsp3) is 0.333. The van der Waals surface area contributed by atoms with E-state index in [9.17, 15) is 4.79 Å². The molecule has 0 bridgehead atoms. The lowest BCUT2D eigenvalue weighted by Gasteiger charge is -2.06. The van der Waals surface area contributed by atoms with E-state index in [0.29, 0.717) is 23.2 Å². The van der Waals surface area contributed by atoms with Crippen molar-refractivity contribution in [1.29, 1.82) is 0 Å². The van der Waals surface area contributed by atoms with Crippen molar-refractivity contribution in [2.75, 3.05) is 6.61 Å². The molecule has 0 saturated heterocycles. The van der Waals surface area contributed by atoms with Crippen LogP contribution in [0.5, 0.6) is 5.75 Å². The number of aromatic nitrogens is 2. The van der Waals surface area contributed by atoms with Gasteiger partial charge in [-0.2, -0.15) is 5.10 Å². The Morgan fingerprint density at radius 3 is 2.65 bits per heavy atom. The van der Waals surface area contributed by atoms with E-state index in [0.717, 1.165) is 36.3 Å². The van der Waals surface area contributed by atoms with Gasteiger partial charge in [-0.05, 0) is 44.0 Å². The zero-order valence-electron chi connectivity index (χ0n) is 11.2. The van der Waals surface area contributed by atoms with Crippen molar-refractivity contribution in [3.05, 3.63) is 40.7 Å². The van der Waals surface area contributed by atoms with Crippen LogP contribution in [0.2, 0.25) is 5.15 Å². The predicted octanol–water partition coefficient (Wildman–Crippen LogP) is 3.61. The number of aldehydes is 1. The molecule has 0 spiro atoms. The summed E-state index contributed by atoms with van der Waals surface area (Å²) in [6.07, 6.45) is 2.96. The van der Waals surface area contributed by atoms with Crippen LogP contribution in [0.1, 0.15) is 41.7 Å². The third-order valence-corrected chi connectivity index (χ3v) is 3.73. The third kappa shape index (κ3) is 2.31. The number of nitrogens with zero attached hydrogens (tertiary/aromatic N) is 2. The highest BCUT2D eigenvalue weighted by Gasteiger charge is 2.31. The molecule has 1 heterocycles. The first-order chi connectivity index (χ1) is 9.74. The summed E-state index contributed by atoms with van der Waals surface area (Å²) >= 11 is 6.27. The van der Waals surface area contributed by atoms with Gasteiger partial charge in [-0.3, -0.25) is 4.79 Å². The van der Waals surface area contributed by atoms with Crippen LogP contribution in [0.4, 0.5) is 0 Å². The van der Waals surface area contributed by atoms with Gasteiger partial charge in [-0.15, -0.1) is 0 Å². The maximum atomic E-state index is 11.2. The van der Waals surface area contributed by atoms with Gasteiger partial charge in [0.25, 0.3) is 0 Å². The second-order valence-electron chi connectivity index (χ2n) is 4.82. The monoisotopic (exact) mass is 290 g/mol. The molecule has 2 aromatic rings. The van der Waals surface area contributed by atoms with E-state index in [1.165, 1.54) is 0 Å². The zero-order chi connectivity index (χ0) is 14.1.